The number of halogens is 4. The average molecular weight is 465 g/mol. The molecule has 1 fully saturated rings. The van der Waals surface area contributed by atoms with Gasteiger partial charge in [-0.2, -0.15) is 0 Å². The second-order valence-electron chi connectivity index (χ2n) is 7.16. The predicted molar refractivity (Wildman–Crippen MR) is 110 cm³/mol. The first-order valence-corrected chi connectivity index (χ1v) is 11.0. The van der Waals surface area contributed by atoms with E-state index in [4.69, 9.17) is 23.2 Å². The molecule has 0 radical (unpaired) electrons. The van der Waals surface area contributed by atoms with Crippen molar-refractivity contribution in [3.63, 3.8) is 0 Å². The van der Waals surface area contributed by atoms with E-state index in [0.29, 0.717) is 19.0 Å². The lowest BCUT2D eigenvalue weighted by molar-refractivity contribution is 0.340. The van der Waals surface area contributed by atoms with E-state index in [1.165, 1.54) is 18.3 Å². The maximum atomic E-state index is 14.9. The molecule has 11 heteroatoms. The molecule has 0 saturated carbocycles. The van der Waals surface area contributed by atoms with Gasteiger partial charge in [-0.25, -0.2) is 22.2 Å². The number of anilines is 2. The monoisotopic (exact) mass is 464 g/mol. The van der Waals surface area contributed by atoms with Crippen molar-refractivity contribution >= 4 is 44.7 Å². The van der Waals surface area contributed by atoms with Crippen molar-refractivity contribution in [3.8, 4) is 0 Å². The molecule has 2 aromatic rings. The number of rotatable bonds is 6. The number of benzene rings is 1. The number of aromatic nitrogens is 1. The molecule has 1 aromatic carbocycles. The van der Waals surface area contributed by atoms with Gasteiger partial charge in [-0.05, 0) is 38.6 Å². The first-order chi connectivity index (χ1) is 13.6. The fourth-order valence-corrected chi connectivity index (χ4v) is 4.97. The molecule has 1 saturated heterocycles. The molecule has 2 heterocycles. The summed E-state index contributed by atoms with van der Waals surface area (Å²) >= 11 is 11.8. The maximum absolute atomic E-state index is 14.9. The van der Waals surface area contributed by atoms with Gasteiger partial charge < -0.3 is 9.80 Å². The summed E-state index contributed by atoms with van der Waals surface area (Å²) in [6, 6.07) is 3.64. The number of nitrogens with zero attached hydrogens (tertiary/aromatic N) is 3. The molecule has 1 N–H and O–H groups in total. The minimum Gasteiger partial charge on any atom is -0.370 e. The van der Waals surface area contributed by atoms with Gasteiger partial charge in [0.1, 0.15) is 16.7 Å². The third kappa shape index (κ3) is 4.91. The van der Waals surface area contributed by atoms with Gasteiger partial charge in [-0.3, -0.25) is 4.72 Å². The van der Waals surface area contributed by atoms with Gasteiger partial charge in [0.25, 0.3) is 10.0 Å². The van der Waals surface area contributed by atoms with E-state index in [2.05, 4.69) is 4.98 Å². The van der Waals surface area contributed by atoms with Crippen LogP contribution in [-0.4, -0.2) is 52.0 Å². The lowest BCUT2D eigenvalue weighted by atomic mass is 10.1. The van der Waals surface area contributed by atoms with Gasteiger partial charge in [-0.1, -0.05) is 23.2 Å². The van der Waals surface area contributed by atoms with Crippen molar-refractivity contribution in [3.05, 3.63) is 46.1 Å². The van der Waals surface area contributed by atoms with Crippen LogP contribution in [0.4, 0.5) is 20.3 Å². The van der Waals surface area contributed by atoms with Gasteiger partial charge in [-0.15, -0.1) is 0 Å². The summed E-state index contributed by atoms with van der Waals surface area (Å²) in [5, 5.41) is -0.141. The van der Waals surface area contributed by atoms with Crippen molar-refractivity contribution in [1.29, 1.82) is 0 Å². The molecule has 1 aromatic heterocycles. The molecule has 0 aliphatic carbocycles. The summed E-state index contributed by atoms with van der Waals surface area (Å²) in [5.74, 6) is -2.36. The summed E-state index contributed by atoms with van der Waals surface area (Å²) in [7, 11) is -0.681. The third-order valence-electron chi connectivity index (χ3n) is 4.58. The number of pyridine rings is 1. The average Bonchev–Trinajstić information content (AvgIpc) is 3.07. The predicted octanol–water partition coefficient (Wildman–Crippen LogP) is 3.86. The van der Waals surface area contributed by atoms with Crippen molar-refractivity contribution < 1.29 is 17.2 Å². The van der Waals surface area contributed by atoms with E-state index in [1.807, 2.05) is 23.7 Å². The molecule has 0 bridgehead atoms. The van der Waals surface area contributed by atoms with Gasteiger partial charge in [0.15, 0.2) is 10.7 Å². The Morgan fingerprint density at radius 1 is 1.31 bits per heavy atom. The molecule has 29 heavy (non-hydrogen) atoms. The summed E-state index contributed by atoms with van der Waals surface area (Å²) in [5.41, 5.74) is 0.145. The van der Waals surface area contributed by atoms with E-state index in [-0.39, 0.29) is 16.5 Å². The fraction of sp³-hybridized carbons (Fsp3) is 0.389. The molecule has 1 aliphatic heterocycles. The molecule has 6 nitrogen and oxygen atoms in total. The van der Waals surface area contributed by atoms with Crippen LogP contribution in [-0.2, 0) is 10.0 Å². The first kappa shape index (κ1) is 22.0. The first-order valence-electron chi connectivity index (χ1n) is 8.80. The molecule has 158 valence electrons. The molecule has 1 aliphatic rings. The molecule has 0 amide bonds. The highest BCUT2D eigenvalue weighted by molar-refractivity contribution is 7.92. The van der Waals surface area contributed by atoms with E-state index in [0.717, 1.165) is 19.0 Å². The number of hydrogen-bond donors (Lipinski definition) is 1. The Hall–Kier alpha value is -1.68. The normalized spacial score (nSPS) is 17.2. The van der Waals surface area contributed by atoms with E-state index < -0.39 is 31.6 Å². The highest BCUT2D eigenvalue weighted by Crippen LogP contribution is 2.37. The quantitative estimate of drug-likeness (QED) is 0.657. The van der Waals surface area contributed by atoms with Crippen molar-refractivity contribution in [1.82, 2.24) is 9.88 Å². The van der Waals surface area contributed by atoms with Gasteiger partial charge in [0.2, 0.25) is 0 Å². The van der Waals surface area contributed by atoms with E-state index >= 15 is 0 Å². The lowest BCUT2D eigenvalue weighted by Gasteiger charge is -2.22. The van der Waals surface area contributed by atoms with Gasteiger partial charge in [0.05, 0.1) is 10.7 Å². The van der Waals surface area contributed by atoms with Crippen molar-refractivity contribution in [2.75, 3.05) is 43.4 Å². The Morgan fingerprint density at radius 3 is 2.66 bits per heavy atom. The SMILES string of the molecule is CN(C)CC1CCN(c2cc(F)c(S(=O)(=O)Nc3ccc(Cl)cn3)c(F)c2Cl)C1. The van der Waals surface area contributed by atoms with Crippen LogP contribution in [0.3, 0.4) is 0 Å². The Balaban J connectivity index is 1.90. The van der Waals surface area contributed by atoms with Gasteiger partial charge >= 0.3 is 0 Å². The lowest BCUT2D eigenvalue weighted by Crippen LogP contribution is -2.26. The van der Waals surface area contributed by atoms with Crippen LogP contribution in [0.15, 0.2) is 29.3 Å². The molecule has 3 rings (SSSR count). The van der Waals surface area contributed by atoms with Crippen LogP contribution in [0.1, 0.15) is 6.42 Å². The van der Waals surface area contributed by atoms with E-state index in [1.54, 1.807) is 4.90 Å². The Bertz CT molecular complexity index is 1000. The molecule has 0 spiro atoms. The van der Waals surface area contributed by atoms with Crippen LogP contribution in [0, 0.1) is 17.6 Å². The summed E-state index contributed by atoms with van der Waals surface area (Å²) < 4.78 is 56.7. The second kappa shape index (κ2) is 8.59. The molecular weight excluding hydrogens is 445 g/mol. The maximum Gasteiger partial charge on any atom is 0.268 e. The fourth-order valence-electron chi connectivity index (χ4n) is 3.38. The molecule has 1 unspecified atom stereocenters. The molecule has 1 atom stereocenters. The highest BCUT2D eigenvalue weighted by Gasteiger charge is 2.32. The Kier molecular flexibility index (Phi) is 6.52. The zero-order valence-corrected chi connectivity index (χ0v) is 18.1. The van der Waals surface area contributed by atoms with Crippen molar-refractivity contribution in [2.24, 2.45) is 5.92 Å². The standard InChI is InChI=1S/C18H20Cl2F2N4O2S/c1-25(2)9-11-5-6-26(10-11)14-7-13(21)18(17(22)16(14)20)29(27,28)24-15-4-3-12(19)8-23-15/h3-4,7-8,11H,5-6,9-10H2,1-2H3,(H,23,24). The Labute approximate surface area is 178 Å². The summed E-state index contributed by atoms with van der Waals surface area (Å²) in [4.78, 5) is 6.44. The summed E-state index contributed by atoms with van der Waals surface area (Å²) in [6.45, 7) is 2.00. The second-order valence-corrected chi connectivity index (χ2v) is 9.60. The summed E-state index contributed by atoms with van der Waals surface area (Å²) in [6.07, 6.45) is 2.06. The minimum atomic E-state index is -4.59. The zero-order chi connectivity index (χ0) is 21.3. The minimum absolute atomic E-state index is 0.125. The Morgan fingerprint density at radius 2 is 2.03 bits per heavy atom. The van der Waals surface area contributed by atoms with Gasteiger partial charge in [0, 0.05) is 31.9 Å². The molecular formula is C18H20Cl2F2N4O2S. The topological polar surface area (TPSA) is 65.5 Å². The zero-order valence-electron chi connectivity index (χ0n) is 15.8. The van der Waals surface area contributed by atoms with Crippen LogP contribution >= 0.6 is 23.2 Å². The highest BCUT2D eigenvalue weighted by atomic mass is 35.5. The largest absolute Gasteiger partial charge is 0.370 e. The van der Waals surface area contributed by atoms with Crippen LogP contribution in [0.25, 0.3) is 0 Å². The van der Waals surface area contributed by atoms with Crippen LogP contribution in [0.2, 0.25) is 10.0 Å². The number of nitrogens with one attached hydrogen (secondary N) is 1. The smallest absolute Gasteiger partial charge is 0.268 e. The third-order valence-corrected chi connectivity index (χ3v) is 6.55. The number of sulfonamides is 1. The number of hydrogen-bond acceptors (Lipinski definition) is 5. The van der Waals surface area contributed by atoms with Crippen LogP contribution in [0.5, 0.6) is 0 Å². The van der Waals surface area contributed by atoms with Crippen molar-refractivity contribution in [2.45, 2.75) is 11.3 Å². The van der Waals surface area contributed by atoms with Crippen LogP contribution < -0.4 is 9.62 Å². The van der Waals surface area contributed by atoms with E-state index in [9.17, 15) is 17.2 Å².